The van der Waals surface area contributed by atoms with Crippen LogP contribution >= 0.6 is 46.1 Å². The minimum atomic E-state index is 0.208. The summed E-state index contributed by atoms with van der Waals surface area (Å²) in [4.78, 5) is 10.6. The summed E-state index contributed by atoms with van der Waals surface area (Å²) in [5.74, 6) is 0.658. The van der Waals surface area contributed by atoms with Crippen LogP contribution in [0.2, 0.25) is 15.3 Å². The second kappa shape index (κ2) is 5.61. The Kier molecular flexibility index (Phi) is 3.97. The molecule has 0 radical (unpaired) electrons. The fourth-order valence-electron chi connectivity index (χ4n) is 2.08. The van der Waals surface area contributed by atoms with Crippen LogP contribution in [0.15, 0.2) is 18.2 Å². The Morgan fingerprint density at radius 1 is 1.00 bits per heavy atom. The summed E-state index contributed by atoms with van der Waals surface area (Å²) in [6, 6.07) is 5.24. The number of halogens is 3. The summed E-state index contributed by atoms with van der Waals surface area (Å²) in [6.45, 7) is 4.09. The maximum atomic E-state index is 6.02. The van der Waals surface area contributed by atoms with E-state index in [0.29, 0.717) is 15.9 Å². The van der Waals surface area contributed by atoms with E-state index >= 15 is 0 Å². The van der Waals surface area contributed by atoms with Crippen molar-refractivity contribution in [3.63, 3.8) is 0 Å². The highest BCUT2D eigenvalue weighted by molar-refractivity contribution is 7.18. The van der Waals surface area contributed by atoms with Crippen molar-refractivity contribution in [2.75, 3.05) is 5.32 Å². The number of nitrogens with one attached hydrogen (secondary N) is 1. The molecular formula is C14H10Cl3N3S. The second-order valence-electron chi connectivity index (χ2n) is 4.59. The molecule has 3 rings (SSSR count). The third kappa shape index (κ3) is 2.94. The van der Waals surface area contributed by atoms with Crippen LogP contribution in [0.5, 0.6) is 0 Å². The zero-order valence-electron chi connectivity index (χ0n) is 11.2. The molecule has 0 fully saturated rings. The van der Waals surface area contributed by atoms with Crippen LogP contribution < -0.4 is 5.32 Å². The van der Waals surface area contributed by atoms with Crippen LogP contribution in [0.4, 0.5) is 11.5 Å². The molecule has 0 saturated heterocycles. The minimum Gasteiger partial charge on any atom is -0.339 e. The lowest BCUT2D eigenvalue weighted by molar-refractivity contribution is 1.22. The number of aromatic nitrogens is 2. The Bertz CT molecular complexity index is 825. The van der Waals surface area contributed by atoms with Crippen LogP contribution in [0.3, 0.4) is 0 Å². The molecule has 0 saturated carbocycles. The van der Waals surface area contributed by atoms with E-state index < -0.39 is 0 Å². The number of hydrogen-bond acceptors (Lipinski definition) is 4. The van der Waals surface area contributed by atoms with E-state index in [0.717, 1.165) is 21.5 Å². The van der Waals surface area contributed by atoms with Crippen molar-refractivity contribution in [3.8, 4) is 0 Å². The summed E-state index contributed by atoms with van der Waals surface area (Å²) in [5.41, 5.74) is 1.90. The zero-order valence-corrected chi connectivity index (χ0v) is 14.3. The van der Waals surface area contributed by atoms with Crippen LogP contribution in [0, 0.1) is 13.8 Å². The molecule has 3 aromatic rings. The molecule has 2 aromatic heterocycles. The fraction of sp³-hybridized carbons (Fsp3) is 0.143. The molecule has 3 nitrogen and oxygen atoms in total. The third-order valence-corrected chi connectivity index (χ3v) is 4.83. The normalized spacial score (nSPS) is 11.1. The molecule has 108 valence electrons. The van der Waals surface area contributed by atoms with E-state index in [2.05, 4.69) is 22.2 Å². The highest BCUT2D eigenvalue weighted by Gasteiger charge is 2.14. The van der Waals surface area contributed by atoms with Crippen molar-refractivity contribution < 1.29 is 0 Å². The van der Waals surface area contributed by atoms with Gasteiger partial charge in [0.1, 0.15) is 10.6 Å². The molecule has 21 heavy (non-hydrogen) atoms. The molecule has 1 N–H and O–H groups in total. The van der Waals surface area contributed by atoms with Gasteiger partial charge in [0.15, 0.2) is 0 Å². The molecule has 0 amide bonds. The van der Waals surface area contributed by atoms with E-state index in [4.69, 9.17) is 34.8 Å². The van der Waals surface area contributed by atoms with Crippen LogP contribution in [-0.2, 0) is 0 Å². The van der Waals surface area contributed by atoms with Gasteiger partial charge >= 0.3 is 0 Å². The Hall–Kier alpha value is -1.07. The first kappa shape index (κ1) is 14.9. The van der Waals surface area contributed by atoms with Gasteiger partial charge in [0.2, 0.25) is 5.28 Å². The number of fused-ring (bicyclic) bond motifs is 1. The van der Waals surface area contributed by atoms with Crippen molar-refractivity contribution in [1.29, 1.82) is 0 Å². The van der Waals surface area contributed by atoms with Gasteiger partial charge < -0.3 is 5.32 Å². The lowest BCUT2D eigenvalue weighted by Gasteiger charge is -2.09. The van der Waals surface area contributed by atoms with Gasteiger partial charge in [-0.25, -0.2) is 4.98 Å². The number of nitrogens with zero attached hydrogens (tertiary/aromatic N) is 2. The third-order valence-electron chi connectivity index (χ3n) is 3.13. The van der Waals surface area contributed by atoms with Gasteiger partial charge in [-0.2, -0.15) is 4.98 Å². The Balaban J connectivity index is 2.15. The van der Waals surface area contributed by atoms with E-state index in [-0.39, 0.29) is 5.28 Å². The number of anilines is 2. The lowest BCUT2D eigenvalue weighted by Crippen LogP contribution is -1.97. The zero-order chi connectivity index (χ0) is 15.1. The molecule has 0 spiro atoms. The van der Waals surface area contributed by atoms with Crippen LogP contribution in [0.1, 0.15) is 10.4 Å². The van der Waals surface area contributed by atoms with Crippen LogP contribution in [-0.4, -0.2) is 9.97 Å². The SMILES string of the molecule is Cc1sc2nc(Cl)nc(Nc3cc(Cl)cc(Cl)c3)c2c1C. The van der Waals surface area contributed by atoms with Crippen LogP contribution in [0.25, 0.3) is 10.2 Å². The average molecular weight is 359 g/mol. The van der Waals surface area contributed by atoms with E-state index in [1.54, 1.807) is 29.5 Å². The fourth-order valence-corrected chi connectivity index (χ4v) is 3.85. The molecular weight excluding hydrogens is 349 g/mol. The van der Waals surface area contributed by atoms with Gasteiger partial charge in [-0.15, -0.1) is 11.3 Å². The maximum absolute atomic E-state index is 6.02. The predicted octanol–water partition coefficient (Wildman–Crippen LogP) is 6.01. The monoisotopic (exact) mass is 357 g/mol. The Morgan fingerprint density at radius 3 is 2.33 bits per heavy atom. The average Bonchev–Trinajstić information content (AvgIpc) is 2.63. The molecule has 1 aromatic carbocycles. The van der Waals surface area contributed by atoms with E-state index in [1.165, 1.54) is 4.88 Å². The lowest BCUT2D eigenvalue weighted by atomic mass is 10.2. The van der Waals surface area contributed by atoms with Gasteiger partial charge in [0.05, 0.1) is 5.39 Å². The standard InChI is InChI=1S/C14H10Cl3N3S/c1-6-7(2)21-13-11(6)12(19-14(17)20-13)18-10-4-8(15)3-9(16)5-10/h3-5H,1-2H3,(H,18,19,20). The highest BCUT2D eigenvalue weighted by Crippen LogP contribution is 2.35. The topological polar surface area (TPSA) is 37.8 Å². The van der Waals surface area contributed by atoms with Gasteiger partial charge in [-0.05, 0) is 49.2 Å². The number of rotatable bonds is 2. The number of hydrogen-bond donors (Lipinski definition) is 1. The van der Waals surface area contributed by atoms with Gasteiger partial charge in [-0.3, -0.25) is 0 Å². The molecule has 7 heteroatoms. The largest absolute Gasteiger partial charge is 0.339 e. The molecule has 2 heterocycles. The van der Waals surface area contributed by atoms with Gasteiger partial charge in [-0.1, -0.05) is 23.2 Å². The minimum absolute atomic E-state index is 0.208. The molecule has 0 aliphatic rings. The number of thiophene rings is 1. The first-order valence-corrected chi connectivity index (χ1v) is 8.05. The summed E-state index contributed by atoms with van der Waals surface area (Å²) < 4.78 is 0. The number of benzene rings is 1. The van der Waals surface area contributed by atoms with Crippen molar-refractivity contribution in [1.82, 2.24) is 9.97 Å². The molecule has 0 bridgehead atoms. The van der Waals surface area contributed by atoms with E-state index in [1.807, 2.05) is 6.92 Å². The summed E-state index contributed by atoms with van der Waals surface area (Å²) >= 11 is 19.6. The van der Waals surface area contributed by atoms with E-state index in [9.17, 15) is 0 Å². The van der Waals surface area contributed by atoms with Crippen molar-refractivity contribution >= 4 is 67.9 Å². The molecule has 0 aliphatic heterocycles. The first-order valence-electron chi connectivity index (χ1n) is 6.10. The predicted molar refractivity (Wildman–Crippen MR) is 91.6 cm³/mol. The van der Waals surface area contributed by atoms with Gasteiger partial charge in [0.25, 0.3) is 0 Å². The highest BCUT2D eigenvalue weighted by atomic mass is 35.5. The summed E-state index contributed by atoms with van der Waals surface area (Å²) in [6.07, 6.45) is 0. The van der Waals surface area contributed by atoms with Crippen molar-refractivity contribution in [3.05, 3.63) is 44.0 Å². The molecule has 0 aliphatic carbocycles. The summed E-state index contributed by atoms with van der Waals surface area (Å²) in [5, 5.41) is 5.51. The smallest absolute Gasteiger partial charge is 0.225 e. The molecule has 0 unspecified atom stereocenters. The summed E-state index contributed by atoms with van der Waals surface area (Å²) in [7, 11) is 0. The van der Waals surface area contributed by atoms with Crippen molar-refractivity contribution in [2.24, 2.45) is 0 Å². The quantitative estimate of drug-likeness (QED) is 0.570. The van der Waals surface area contributed by atoms with Gasteiger partial charge in [0, 0.05) is 20.6 Å². The number of aryl methyl sites for hydroxylation is 2. The second-order valence-corrected chi connectivity index (χ2v) is 7.00. The maximum Gasteiger partial charge on any atom is 0.225 e. The first-order chi connectivity index (χ1) is 9.94. The van der Waals surface area contributed by atoms with Crippen molar-refractivity contribution in [2.45, 2.75) is 13.8 Å². The Morgan fingerprint density at radius 2 is 1.67 bits per heavy atom. The Labute approximate surface area is 140 Å². The molecule has 0 atom stereocenters.